The van der Waals surface area contributed by atoms with E-state index in [0.717, 1.165) is 5.39 Å². The number of aliphatic carboxylic acids is 1. The Morgan fingerprint density at radius 2 is 1.52 bits per heavy atom. The van der Waals surface area contributed by atoms with Crippen LogP contribution in [0.15, 0.2) is 48.5 Å². The topological polar surface area (TPSA) is 122 Å². The van der Waals surface area contributed by atoms with Crippen molar-refractivity contribution < 1.29 is 46.6 Å². The van der Waals surface area contributed by atoms with Gasteiger partial charge in [0.25, 0.3) is 5.91 Å². The van der Waals surface area contributed by atoms with E-state index in [2.05, 4.69) is 15.4 Å². The molecule has 0 aromatic heterocycles. The fourth-order valence-electron chi connectivity index (χ4n) is 4.00. The van der Waals surface area contributed by atoms with Crippen molar-refractivity contribution >= 4 is 39.9 Å². The van der Waals surface area contributed by atoms with Gasteiger partial charge in [-0.2, -0.15) is 8.78 Å². The molecule has 0 saturated heterocycles. The molecule has 3 rings (SSSR count). The van der Waals surface area contributed by atoms with E-state index >= 15 is 0 Å². The van der Waals surface area contributed by atoms with Gasteiger partial charge in [0.2, 0.25) is 17.4 Å². The standard InChI is InChI=1S/C28H26F4N2O6/c1-14(2)10-21(26(38)28(39)34-19-9-5-7-15-6-3-4-8-16(15)19)33-20(12-23(36)37)22(35)13-40-27-24(31)17(29)11-18(30)25(27)32/h3-9,11,14,20-21,33H,10,12-13H2,1-2H3,(H,34,39)(H,36,37). The average Bonchev–Trinajstić information content (AvgIpc) is 2.90. The Morgan fingerprint density at radius 1 is 0.900 bits per heavy atom. The van der Waals surface area contributed by atoms with Crippen LogP contribution in [-0.2, 0) is 19.2 Å². The lowest BCUT2D eigenvalue weighted by atomic mass is 9.97. The predicted octanol–water partition coefficient (Wildman–Crippen LogP) is 4.40. The Kier molecular flexibility index (Phi) is 9.94. The molecule has 8 nitrogen and oxygen atoms in total. The number of anilines is 1. The lowest BCUT2D eigenvalue weighted by molar-refractivity contribution is -0.141. The molecule has 3 N–H and O–H groups in total. The van der Waals surface area contributed by atoms with Crippen molar-refractivity contribution in [3.05, 3.63) is 71.8 Å². The molecule has 2 atom stereocenters. The first kappa shape index (κ1) is 30.2. The lowest BCUT2D eigenvalue weighted by Crippen LogP contribution is -2.52. The number of carboxylic acids is 1. The van der Waals surface area contributed by atoms with Crippen LogP contribution in [0.5, 0.6) is 5.75 Å². The van der Waals surface area contributed by atoms with E-state index in [4.69, 9.17) is 0 Å². The summed E-state index contributed by atoms with van der Waals surface area (Å²) < 4.78 is 59.4. The van der Waals surface area contributed by atoms with Crippen LogP contribution in [-0.4, -0.2) is 47.2 Å². The first-order valence-corrected chi connectivity index (χ1v) is 12.2. The molecule has 0 aliphatic rings. The van der Waals surface area contributed by atoms with Crippen LogP contribution in [0.4, 0.5) is 23.2 Å². The highest BCUT2D eigenvalue weighted by Crippen LogP contribution is 2.27. The zero-order valence-corrected chi connectivity index (χ0v) is 21.5. The van der Waals surface area contributed by atoms with Gasteiger partial charge in [-0.15, -0.1) is 0 Å². The molecule has 2 unspecified atom stereocenters. The van der Waals surface area contributed by atoms with Crippen molar-refractivity contribution in [3.63, 3.8) is 0 Å². The van der Waals surface area contributed by atoms with Crippen LogP contribution in [0.1, 0.15) is 26.7 Å². The van der Waals surface area contributed by atoms with Gasteiger partial charge in [0.1, 0.15) is 6.61 Å². The third kappa shape index (κ3) is 7.41. The number of hydrogen-bond donors (Lipinski definition) is 3. The van der Waals surface area contributed by atoms with Gasteiger partial charge in [0, 0.05) is 17.1 Å². The van der Waals surface area contributed by atoms with Crippen LogP contribution in [0.25, 0.3) is 10.8 Å². The number of carbonyl (C=O) groups is 4. The van der Waals surface area contributed by atoms with Gasteiger partial charge in [0.15, 0.2) is 23.2 Å². The molecule has 0 aliphatic heterocycles. The number of Topliss-reactive ketones (excluding diaryl/α,β-unsaturated/α-hetero) is 2. The summed E-state index contributed by atoms with van der Waals surface area (Å²) in [6, 6.07) is 9.19. The van der Waals surface area contributed by atoms with Crippen LogP contribution in [0.3, 0.4) is 0 Å². The van der Waals surface area contributed by atoms with Gasteiger partial charge < -0.3 is 15.2 Å². The average molecular weight is 563 g/mol. The molecule has 0 aliphatic carbocycles. The van der Waals surface area contributed by atoms with Crippen molar-refractivity contribution in [1.29, 1.82) is 0 Å². The molecule has 40 heavy (non-hydrogen) atoms. The fourth-order valence-corrected chi connectivity index (χ4v) is 4.00. The molecule has 0 saturated carbocycles. The number of rotatable bonds is 13. The largest absolute Gasteiger partial charge is 0.481 e. The summed E-state index contributed by atoms with van der Waals surface area (Å²) in [6.45, 7) is 2.27. The first-order chi connectivity index (χ1) is 18.9. The molecule has 12 heteroatoms. The maximum Gasteiger partial charge on any atom is 0.305 e. The fraction of sp³-hybridized carbons (Fsp3) is 0.286. The molecule has 0 radical (unpaired) electrons. The van der Waals surface area contributed by atoms with E-state index in [0.29, 0.717) is 11.1 Å². The van der Waals surface area contributed by atoms with E-state index < -0.39 is 77.6 Å². The minimum atomic E-state index is -1.88. The zero-order valence-electron chi connectivity index (χ0n) is 21.5. The number of carbonyl (C=O) groups excluding carboxylic acids is 3. The summed E-state index contributed by atoms with van der Waals surface area (Å²) >= 11 is 0. The molecule has 1 amide bonds. The van der Waals surface area contributed by atoms with Crippen molar-refractivity contribution in [2.24, 2.45) is 5.92 Å². The SMILES string of the molecule is CC(C)CC(NC(CC(=O)O)C(=O)COc1c(F)c(F)cc(F)c1F)C(=O)C(=O)Nc1cccc2ccccc12. The number of carboxylic acid groups (broad SMARTS) is 1. The van der Waals surface area contributed by atoms with Crippen molar-refractivity contribution in [2.75, 3.05) is 11.9 Å². The Labute approximate surface area is 226 Å². The molecule has 0 fully saturated rings. The second-order valence-electron chi connectivity index (χ2n) is 9.40. The van der Waals surface area contributed by atoms with Crippen molar-refractivity contribution in [1.82, 2.24) is 5.32 Å². The zero-order chi connectivity index (χ0) is 29.6. The summed E-state index contributed by atoms with van der Waals surface area (Å²) in [5, 5.41) is 15.9. The monoisotopic (exact) mass is 562 g/mol. The maximum absolute atomic E-state index is 13.9. The second kappa shape index (κ2) is 13.2. The van der Waals surface area contributed by atoms with Crippen LogP contribution in [0, 0.1) is 29.2 Å². The molecule has 212 valence electrons. The Hall–Kier alpha value is -4.32. The van der Waals surface area contributed by atoms with Crippen LogP contribution in [0.2, 0.25) is 0 Å². The van der Waals surface area contributed by atoms with Crippen molar-refractivity contribution in [3.8, 4) is 5.75 Å². The Bertz CT molecular complexity index is 1410. The van der Waals surface area contributed by atoms with Gasteiger partial charge in [-0.1, -0.05) is 50.2 Å². The number of amides is 1. The number of hydrogen-bond acceptors (Lipinski definition) is 6. The summed E-state index contributed by atoms with van der Waals surface area (Å²) in [6.07, 6.45) is -0.873. The van der Waals surface area contributed by atoms with Crippen LogP contribution < -0.4 is 15.4 Å². The van der Waals surface area contributed by atoms with Gasteiger partial charge >= 0.3 is 5.97 Å². The number of nitrogens with one attached hydrogen (secondary N) is 2. The molecule has 0 spiro atoms. The van der Waals surface area contributed by atoms with Crippen LogP contribution >= 0.6 is 0 Å². The number of benzene rings is 3. The Balaban J connectivity index is 1.80. The lowest BCUT2D eigenvalue weighted by Gasteiger charge is -2.24. The minimum absolute atomic E-state index is 0.0183. The van der Waals surface area contributed by atoms with E-state index in [-0.39, 0.29) is 18.4 Å². The summed E-state index contributed by atoms with van der Waals surface area (Å²) in [4.78, 5) is 50.3. The normalized spacial score (nSPS) is 12.7. The van der Waals surface area contributed by atoms with Crippen molar-refractivity contribution in [2.45, 2.75) is 38.8 Å². The summed E-state index contributed by atoms with van der Waals surface area (Å²) in [7, 11) is 0. The molecule has 3 aromatic carbocycles. The molecule has 0 bridgehead atoms. The van der Waals surface area contributed by atoms with E-state index in [1.54, 1.807) is 44.2 Å². The van der Waals surface area contributed by atoms with E-state index in [1.165, 1.54) is 0 Å². The quantitative estimate of drug-likeness (QED) is 0.160. The van der Waals surface area contributed by atoms with Gasteiger partial charge in [-0.3, -0.25) is 24.5 Å². The molecular weight excluding hydrogens is 536 g/mol. The number of halogens is 4. The maximum atomic E-state index is 13.9. The van der Waals surface area contributed by atoms with E-state index in [9.17, 15) is 41.8 Å². The second-order valence-corrected chi connectivity index (χ2v) is 9.40. The molecular formula is C28H26F4N2O6. The summed E-state index contributed by atoms with van der Waals surface area (Å²) in [5.74, 6) is -13.6. The highest BCUT2D eigenvalue weighted by atomic mass is 19.2. The number of fused-ring (bicyclic) bond motifs is 1. The highest BCUT2D eigenvalue weighted by molar-refractivity contribution is 6.43. The van der Waals surface area contributed by atoms with Gasteiger partial charge in [0.05, 0.1) is 18.5 Å². The van der Waals surface area contributed by atoms with E-state index in [1.807, 2.05) is 12.1 Å². The number of ether oxygens (including phenoxy) is 1. The Morgan fingerprint density at radius 3 is 2.15 bits per heavy atom. The predicted molar refractivity (Wildman–Crippen MR) is 137 cm³/mol. The third-order valence-corrected chi connectivity index (χ3v) is 5.89. The van der Waals surface area contributed by atoms with Gasteiger partial charge in [-0.25, -0.2) is 8.78 Å². The third-order valence-electron chi connectivity index (χ3n) is 5.89. The molecule has 0 heterocycles. The van der Waals surface area contributed by atoms with Gasteiger partial charge in [-0.05, 0) is 23.8 Å². The highest BCUT2D eigenvalue weighted by Gasteiger charge is 2.33. The number of ketones is 2. The molecule has 3 aromatic rings. The first-order valence-electron chi connectivity index (χ1n) is 12.2. The smallest absolute Gasteiger partial charge is 0.305 e. The minimum Gasteiger partial charge on any atom is -0.481 e. The summed E-state index contributed by atoms with van der Waals surface area (Å²) in [5.41, 5.74) is 0.359.